The number of ether oxygens (including phenoxy) is 1. The molecule has 0 aromatic heterocycles. The summed E-state index contributed by atoms with van der Waals surface area (Å²) >= 11 is 0. The Morgan fingerprint density at radius 1 is 0.850 bits per heavy atom. The van der Waals surface area contributed by atoms with Gasteiger partial charge in [-0.15, -0.1) is 0 Å². The van der Waals surface area contributed by atoms with Crippen LogP contribution in [0.4, 0.5) is 0 Å². The second-order valence-electron chi connectivity index (χ2n) is 5.28. The summed E-state index contributed by atoms with van der Waals surface area (Å²) in [5, 5.41) is 8.64. The van der Waals surface area contributed by atoms with Gasteiger partial charge in [-0.3, -0.25) is 4.79 Å². The molecule has 0 rings (SSSR count). The van der Waals surface area contributed by atoms with E-state index in [4.69, 9.17) is 5.11 Å². The number of hydrogen-bond acceptors (Lipinski definition) is 3. The normalized spacial score (nSPS) is 11.1. The van der Waals surface area contributed by atoms with E-state index in [1.54, 1.807) is 0 Å². The van der Waals surface area contributed by atoms with Crippen molar-refractivity contribution in [3.05, 3.63) is 12.2 Å². The first-order valence-corrected chi connectivity index (χ1v) is 8.14. The Bertz CT molecular complexity index is 236. The number of carbonyl (C=O) groups excluding carboxylic acids is 1. The van der Waals surface area contributed by atoms with Crippen LogP contribution in [-0.2, 0) is 9.53 Å². The molecule has 0 bridgehead atoms. The number of hydrogen-bond donors (Lipinski definition) is 1. The highest BCUT2D eigenvalue weighted by Crippen LogP contribution is 2.09. The summed E-state index contributed by atoms with van der Waals surface area (Å²) in [7, 11) is 1.45. The van der Waals surface area contributed by atoms with E-state index in [2.05, 4.69) is 16.9 Å². The van der Waals surface area contributed by atoms with E-state index in [1.807, 2.05) is 0 Å². The zero-order valence-corrected chi connectivity index (χ0v) is 13.1. The quantitative estimate of drug-likeness (QED) is 0.292. The molecule has 0 heterocycles. The van der Waals surface area contributed by atoms with Crippen LogP contribution in [0, 0.1) is 0 Å². The minimum absolute atomic E-state index is 0.0888. The Morgan fingerprint density at radius 3 is 1.90 bits per heavy atom. The molecule has 0 aliphatic rings. The standard InChI is InChI=1S/C17H32O3/c1-20-17(19)15-13-11-9-7-5-3-2-4-6-8-10-12-14-16-18/h4,6,18H,2-3,5,7-16H2,1H3/b6-4+. The van der Waals surface area contributed by atoms with Crippen LogP contribution in [0.25, 0.3) is 0 Å². The molecule has 0 unspecified atom stereocenters. The van der Waals surface area contributed by atoms with Crippen molar-refractivity contribution in [1.82, 2.24) is 0 Å². The van der Waals surface area contributed by atoms with Crippen molar-refractivity contribution in [3.63, 3.8) is 0 Å². The van der Waals surface area contributed by atoms with Gasteiger partial charge in [0.25, 0.3) is 0 Å². The summed E-state index contributed by atoms with van der Waals surface area (Å²) in [4.78, 5) is 10.9. The molecule has 118 valence electrons. The summed E-state index contributed by atoms with van der Waals surface area (Å²) in [5.41, 5.74) is 0. The van der Waals surface area contributed by atoms with E-state index in [-0.39, 0.29) is 5.97 Å². The summed E-state index contributed by atoms with van der Waals surface area (Å²) in [6.45, 7) is 0.323. The average molecular weight is 284 g/mol. The topological polar surface area (TPSA) is 46.5 Å². The number of carbonyl (C=O) groups is 1. The van der Waals surface area contributed by atoms with Crippen LogP contribution in [0.15, 0.2) is 12.2 Å². The first-order chi connectivity index (χ1) is 9.81. The highest BCUT2D eigenvalue weighted by Gasteiger charge is 1.98. The number of methoxy groups -OCH3 is 1. The van der Waals surface area contributed by atoms with Gasteiger partial charge in [-0.25, -0.2) is 0 Å². The molecule has 3 nitrogen and oxygen atoms in total. The molecule has 20 heavy (non-hydrogen) atoms. The molecule has 0 spiro atoms. The zero-order chi connectivity index (χ0) is 14.9. The third-order valence-corrected chi connectivity index (χ3v) is 3.42. The molecule has 0 fully saturated rings. The molecule has 0 aliphatic heterocycles. The zero-order valence-electron chi connectivity index (χ0n) is 13.1. The van der Waals surface area contributed by atoms with Crippen LogP contribution >= 0.6 is 0 Å². The lowest BCUT2D eigenvalue weighted by molar-refractivity contribution is -0.140. The van der Waals surface area contributed by atoms with Gasteiger partial charge in [-0.05, 0) is 38.5 Å². The number of esters is 1. The first kappa shape index (κ1) is 19.2. The van der Waals surface area contributed by atoms with E-state index < -0.39 is 0 Å². The summed E-state index contributed by atoms with van der Waals surface area (Å²) in [5.74, 6) is -0.0888. The van der Waals surface area contributed by atoms with Crippen molar-refractivity contribution in [3.8, 4) is 0 Å². The first-order valence-electron chi connectivity index (χ1n) is 8.14. The van der Waals surface area contributed by atoms with Gasteiger partial charge in [0.05, 0.1) is 7.11 Å². The van der Waals surface area contributed by atoms with Crippen LogP contribution < -0.4 is 0 Å². The lowest BCUT2D eigenvalue weighted by atomic mass is 10.1. The van der Waals surface area contributed by atoms with E-state index in [0.717, 1.165) is 32.1 Å². The van der Waals surface area contributed by atoms with Gasteiger partial charge in [0, 0.05) is 13.0 Å². The average Bonchev–Trinajstić information content (AvgIpc) is 2.47. The molecule has 3 heteroatoms. The van der Waals surface area contributed by atoms with Crippen molar-refractivity contribution in [2.45, 2.75) is 77.0 Å². The molecule has 0 aliphatic carbocycles. The predicted molar refractivity (Wildman–Crippen MR) is 83.6 cm³/mol. The van der Waals surface area contributed by atoms with Crippen molar-refractivity contribution < 1.29 is 14.6 Å². The Labute approximate surface area is 124 Å². The fourth-order valence-electron chi connectivity index (χ4n) is 2.13. The smallest absolute Gasteiger partial charge is 0.305 e. The second-order valence-corrected chi connectivity index (χ2v) is 5.28. The van der Waals surface area contributed by atoms with Crippen molar-refractivity contribution in [2.24, 2.45) is 0 Å². The van der Waals surface area contributed by atoms with Crippen LogP contribution in [-0.4, -0.2) is 24.8 Å². The Balaban J connectivity index is 3.09. The van der Waals surface area contributed by atoms with E-state index in [0.29, 0.717) is 13.0 Å². The number of allylic oxidation sites excluding steroid dienone is 2. The predicted octanol–water partition coefficient (Wildman–Crippen LogP) is 4.39. The van der Waals surface area contributed by atoms with E-state index >= 15 is 0 Å². The number of unbranched alkanes of at least 4 members (excludes halogenated alkanes) is 9. The lowest BCUT2D eigenvalue weighted by Gasteiger charge is -2.00. The molecule has 1 N–H and O–H groups in total. The van der Waals surface area contributed by atoms with Gasteiger partial charge in [0.2, 0.25) is 0 Å². The Morgan fingerprint density at radius 2 is 1.35 bits per heavy atom. The van der Waals surface area contributed by atoms with Gasteiger partial charge >= 0.3 is 5.97 Å². The van der Waals surface area contributed by atoms with Crippen molar-refractivity contribution in [2.75, 3.05) is 13.7 Å². The minimum Gasteiger partial charge on any atom is -0.469 e. The van der Waals surface area contributed by atoms with Gasteiger partial charge in [-0.1, -0.05) is 44.3 Å². The van der Waals surface area contributed by atoms with Gasteiger partial charge in [-0.2, -0.15) is 0 Å². The van der Waals surface area contributed by atoms with Crippen LogP contribution in [0.3, 0.4) is 0 Å². The second kappa shape index (κ2) is 16.2. The summed E-state index contributed by atoms with van der Waals surface area (Å²) in [6, 6.07) is 0. The fraction of sp³-hybridized carbons (Fsp3) is 0.824. The summed E-state index contributed by atoms with van der Waals surface area (Å²) in [6.07, 6.45) is 17.9. The number of rotatable bonds is 14. The Hall–Kier alpha value is -0.830. The molecule has 0 aromatic carbocycles. The summed E-state index contributed by atoms with van der Waals surface area (Å²) < 4.78 is 4.60. The van der Waals surface area contributed by atoms with Crippen LogP contribution in [0.2, 0.25) is 0 Å². The van der Waals surface area contributed by atoms with Crippen molar-refractivity contribution >= 4 is 5.97 Å². The minimum atomic E-state index is -0.0888. The third kappa shape index (κ3) is 15.2. The van der Waals surface area contributed by atoms with E-state index in [9.17, 15) is 4.79 Å². The van der Waals surface area contributed by atoms with Gasteiger partial charge in [0.1, 0.15) is 0 Å². The molecule has 0 aromatic rings. The van der Waals surface area contributed by atoms with Crippen LogP contribution in [0.1, 0.15) is 77.0 Å². The number of aliphatic hydroxyl groups excluding tert-OH is 1. The number of aliphatic hydroxyl groups is 1. The maximum absolute atomic E-state index is 10.9. The highest BCUT2D eigenvalue weighted by molar-refractivity contribution is 5.68. The van der Waals surface area contributed by atoms with Gasteiger partial charge in [0.15, 0.2) is 0 Å². The monoisotopic (exact) mass is 284 g/mol. The molecular weight excluding hydrogens is 252 g/mol. The van der Waals surface area contributed by atoms with E-state index in [1.165, 1.54) is 45.6 Å². The third-order valence-electron chi connectivity index (χ3n) is 3.42. The Kier molecular flexibility index (Phi) is 15.6. The molecule has 0 radical (unpaired) electrons. The molecule has 0 amide bonds. The fourth-order valence-corrected chi connectivity index (χ4v) is 2.13. The molecular formula is C17H32O3. The highest BCUT2D eigenvalue weighted by atomic mass is 16.5. The maximum atomic E-state index is 10.9. The van der Waals surface area contributed by atoms with Crippen LogP contribution in [0.5, 0.6) is 0 Å². The SMILES string of the molecule is COC(=O)CCCCCCCC/C=C/CCCCCO. The molecule has 0 saturated carbocycles. The van der Waals surface area contributed by atoms with Crippen molar-refractivity contribution in [1.29, 1.82) is 0 Å². The maximum Gasteiger partial charge on any atom is 0.305 e. The largest absolute Gasteiger partial charge is 0.469 e. The molecule has 0 atom stereocenters. The lowest BCUT2D eigenvalue weighted by Crippen LogP contribution is -1.99. The molecule has 0 saturated heterocycles. The van der Waals surface area contributed by atoms with Gasteiger partial charge < -0.3 is 9.84 Å².